The van der Waals surface area contributed by atoms with Crippen LogP contribution in [-0.2, 0) is 0 Å². The van der Waals surface area contributed by atoms with Crippen molar-refractivity contribution in [3.8, 4) is 0 Å². The molecule has 0 amide bonds. The van der Waals surface area contributed by atoms with Gasteiger partial charge in [-0.05, 0) is 46.8 Å². The normalized spacial score (nSPS) is 10.9. The summed E-state index contributed by atoms with van der Waals surface area (Å²) in [5.74, 6) is 0. The van der Waals surface area contributed by atoms with Gasteiger partial charge >= 0.3 is 0 Å². The van der Waals surface area contributed by atoms with Crippen LogP contribution in [0.5, 0.6) is 0 Å². The number of hydrogen-bond donors (Lipinski definition) is 0. The molecule has 7 heteroatoms. The van der Waals surface area contributed by atoms with E-state index < -0.39 is 0 Å². The van der Waals surface area contributed by atoms with Crippen LogP contribution in [0.25, 0.3) is 5.65 Å². The van der Waals surface area contributed by atoms with E-state index in [1.165, 1.54) is 16.4 Å². The summed E-state index contributed by atoms with van der Waals surface area (Å²) in [4.78, 5) is 1.06. The van der Waals surface area contributed by atoms with Gasteiger partial charge in [-0.3, -0.25) is 0 Å². The second kappa shape index (κ2) is 4.31. The first kappa shape index (κ1) is 10.5. The molecular formula is C10H6ClN5S. The maximum atomic E-state index is 5.82. The molecule has 0 unspecified atom stereocenters. The zero-order chi connectivity index (χ0) is 11.7. The average molecular weight is 264 g/mol. The third kappa shape index (κ3) is 2.22. The summed E-state index contributed by atoms with van der Waals surface area (Å²) in [5, 5.41) is 16.9. The second-order valence-electron chi connectivity index (χ2n) is 3.25. The van der Waals surface area contributed by atoms with Crippen LogP contribution in [0.3, 0.4) is 0 Å². The Kier molecular flexibility index (Phi) is 2.66. The number of fused-ring (bicyclic) bond motifs is 1. The third-order valence-electron chi connectivity index (χ3n) is 2.08. The van der Waals surface area contributed by atoms with Crippen molar-refractivity contribution in [2.75, 3.05) is 0 Å². The van der Waals surface area contributed by atoms with Crippen LogP contribution in [0.1, 0.15) is 0 Å². The number of benzene rings is 1. The number of aromatic nitrogens is 5. The summed E-state index contributed by atoms with van der Waals surface area (Å²) in [7, 11) is 0. The van der Waals surface area contributed by atoms with Crippen LogP contribution in [0.2, 0.25) is 5.02 Å². The molecule has 1 aromatic carbocycles. The van der Waals surface area contributed by atoms with Gasteiger partial charge in [0.15, 0.2) is 5.65 Å². The molecule has 2 heterocycles. The molecule has 5 nitrogen and oxygen atoms in total. The van der Waals surface area contributed by atoms with Crippen molar-refractivity contribution in [3.05, 3.63) is 41.4 Å². The summed E-state index contributed by atoms with van der Waals surface area (Å²) in [6.45, 7) is 0. The van der Waals surface area contributed by atoms with Crippen LogP contribution >= 0.6 is 23.4 Å². The first-order valence-electron chi connectivity index (χ1n) is 4.80. The highest BCUT2D eigenvalue weighted by atomic mass is 35.5. The molecule has 0 atom stereocenters. The van der Waals surface area contributed by atoms with E-state index in [2.05, 4.69) is 20.6 Å². The lowest BCUT2D eigenvalue weighted by Crippen LogP contribution is -1.94. The van der Waals surface area contributed by atoms with Crippen molar-refractivity contribution in [1.82, 2.24) is 25.3 Å². The highest BCUT2D eigenvalue weighted by Gasteiger charge is 2.02. The highest BCUT2D eigenvalue weighted by Crippen LogP contribution is 2.26. The topological polar surface area (TPSA) is 56.0 Å². The third-order valence-corrected chi connectivity index (χ3v) is 3.27. The van der Waals surface area contributed by atoms with E-state index in [0.29, 0.717) is 5.65 Å². The van der Waals surface area contributed by atoms with Crippen molar-refractivity contribution in [2.24, 2.45) is 0 Å². The van der Waals surface area contributed by atoms with Crippen molar-refractivity contribution in [1.29, 1.82) is 0 Å². The van der Waals surface area contributed by atoms with Gasteiger partial charge in [0.2, 0.25) is 0 Å². The van der Waals surface area contributed by atoms with Crippen LogP contribution in [0, 0.1) is 0 Å². The van der Waals surface area contributed by atoms with Gasteiger partial charge in [-0.15, -0.1) is 14.8 Å². The predicted octanol–water partition coefficient (Wildman–Crippen LogP) is 2.32. The Morgan fingerprint density at radius 2 is 1.88 bits per heavy atom. The van der Waals surface area contributed by atoms with Crippen molar-refractivity contribution < 1.29 is 0 Å². The minimum absolute atomic E-state index is 0.630. The zero-order valence-electron chi connectivity index (χ0n) is 8.49. The van der Waals surface area contributed by atoms with E-state index in [9.17, 15) is 0 Å². The lowest BCUT2D eigenvalue weighted by atomic mass is 10.4. The molecule has 0 bridgehead atoms. The smallest absolute Gasteiger partial charge is 0.140 e. The molecule has 0 spiro atoms. The van der Waals surface area contributed by atoms with Gasteiger partial charge in [0.25, 0.3) is 0 Å². The fraction of sp³-hybridized carbons (Fsp3) is 0. The monoisotopic (exact) mass is 263 g/mol. The van der Waals surface area contributed by atoms with Crippen LogP contribution in [0.15, 0.2) is 46.3 Å². The van der Waals surface area contributed by atoms with Crippen LogP contribution in [-0.4, -0.2) is 25.3 Å². The molecule has 0 fully saturated rings. The lowest BCUT2D eigenvalue weighted by molar-refractivity contribution is 0.702. The lowest BCUT2D eigenvalue weighted by Gasteiger charge is -2.00. The first-order chi connectivity index (χ1) is 8.31. The molecule has 0 aliphatic heterocycles. The van der Waals surface area contributed by atoms with E-state index in [0.717, 1.165) is 14.9 Å². The van der Waals surface area contributed by atoms with Gasteiger partial charge in [0, 0.05) is 9.92 Å². The number of tetrazole rings is 1. The first-order valence-corrected chi connectivity index (χ1v) is 5.99. The van der Waals surface area contributed by atoms with E-state index in [4.69, 9.17) is 11.6 Å². The molecule has 2 aromatic heterocycles. The Hall–Kier alpha value is -1.66. The van der Waals surface area contributed by atoms with E-state index >= 15 is 0 Å². The Bertz CT molecular complexity index is 651. The molecule has 0 aliphatic rings. The SMILES string of the molecule is Clc1ccc(Sc2ccc3nnnn3n2)cc1. The van der Waals surface area contributed by atoms with E-state index in [-0.39, 0.29) is 0 Å². The molecule has 17 heavy (non-hydrogen) atoms. The summed E-state index contributed by atoms with van der Waals surface area (Å²) in [5.41, 5.74) is 0.630. The molecule has 0 N–H and O–H groups in total. The van der Waals surface area contributed by atoms with Gasteiger partial charge in [0.05, 0.1) is 0 Å². The van der Waals surface area contributed by atoms with E-state index in [1.807, 2.05) is 36.4 Å². The molecule has 0 aliphatic carbocycles. The molecule has 3 rings (SSSR count). The summed E-state index contributed by atoms with van der Waals surface area (Å²) < 4.78 is 1.40. The summed E-state index contributed by atoms with van der Waals surface area (Å²) >= 11 is 7.35. The Labute approximate surface area is 106 Å². The van der Waals surface area contributed by atoms with Crippen molar-refractivity contribution >= 4 is 29.0 Å². The minimum atomic E-state index is 0.630. The standard InChI is InChI=1S/C10H6ClN5S/c11-7-1-3-8(4-2-7)17-10-6-5-9-12-14-15-16(9)13-10/h1-6H. The zero-order valence-corrected chi connectivity index (χ0v) is 10.1. The second-order valence-corrected chi connectivity index (χ2v) is 4.78. The summed E-state index contributed by atoms with van der Waals surface area (Å²) in [6, 6.07) is 11.3. The highest BCUT2D eigenvalue weighted by molar-refractivity contribution is 7.99. The fourth-order valence-corrected chi connectivity index (χ4v) is 2.20. The van der Waals surface area contributed by atoms with Gasteiger partial charge in [-0.2, -0.15) is 0 Å². The summed E-state index contributed by atoms with van der Waals surface area (Å²) in [6.07, 6.45) is 0. The van der Waals surface area contributed by atoms with Crippen molar-refractivity contribution in [3.63, 3.8) is 0 Å². The van der Waals surface area contributed by atoms with Gasteiger partial charge < -0.3 is 0 Å². The maximum Gasteiger partial charge on any atom is 0.200 e. The van der Waals surface area contributed by atoms with Crippen molar-refractivity contribution in [2.45, 2.75) is 9.92 Å². The fourth-order valence-electron chi connectivity index (χ4n) is 1.31. The number of halogens is 1. The molecule has 0 saturated carbocycles. The van der Waals surface area contributed by atoms with E-state index in [1.54, 1.807) is 0 Å². The molecule has 84 valence electrons. The van der Waals surface area contributed by atoms with Gasteiger partial charge in [-0.25, -0.2) is 0 Å². The predicted molar refractivity (Wildman–Crippen MR) is 64.2 cm³/mol. The van der Waals surface area contributed by atoms with Crippen LogP contribution < -0.4 is 0 Å². The Morgan fingerprint density at radius 1 is 1.06 bits per heavy atom. The average Bonchev–Trinajstić information content (AvgIpc) is 2.79. The minimum Gasteiger partial charge on any atom is -0.140 e. The molecule has 3 aromatic rings. The molecular weight excluding hydrogens is 258 g/mol. The number of nitrogens with zero attached hydrogens (tertiary/aromatic N) is 5. The number of rotatable bonds is 2. The Morgan fingerprint density at radius 3 is 2.71 bits per heavy atom. The van der Waals surface area contributed by atoms with Crippen LogP contribution in [0.4, 0.5) is 0 Å². The molecule has 0 saturated heterocycles. The quantitative estimate of drug-likeness (QED) is 0.710. The Balaban J connectivity index is 1.91. The largest absolute Gasteiger partial charge is 0.200 e. The number of hydrogen-bond acceptors (Lipinski definition) is 5. The van der Waals surface area contributed by atoms with Gasteiger partial charge in [-0.1, -0.05) is 23.4 Å². The maximum absolute atomic E-state index is 5.82. The molecule has 0 radical (unpaired) electrons. The van der Waals surface area contributed by atoms with Gasteiger partial charge in [0.1, 0.15) is 5.03 Å².